The molecule has 0 amide bonds. The van der Waals surface area contributed by atoms with Crippen LogP contribution in [0.15, 0.2) is 6.33 Å². The van der Waals surface area contributed by atoms with Gasteiger partial charge in [0.05, 0.1) is 6.54 Å². The molecule has 5 nitrogen and oxygen atoms in total. The SMILES string of the molecule is c1nnc(CN2CCNCC2)n1C1CC1. The third kappa shape index (κ3) is 2.03. The Hall–Kier alpha value is -0.940. The highest BCUT2D eigenvalue weighted by atomic mass is 15.3. The minimum Gasteiger partial charge on any atom is -0.314 e. The van der Waals surface area contributed by atoms with E-state index < -0.39 is 0 Å². The van der Waals surface area contributed by atoms with Gasteiger partial charge in [0.15, 0.2) is 0 Å². The van der Waals surface area contributed by atoms with E-state index in [1.807, 2.05) is 6.33 Å². The summed E-state index contributed by atoms with van der Waals surface area (Å²) in [4.78, 5) is 2.44. The Morgan fingerprint density at radius 3 is 2.87 bits per heavy atom. The van der Waals surface area contributed by atoms with Crippen LogP contribution in [0.4, 0.5) is 0 Å². The molecule has 0 aromatic carbocycles. The van der Waals surface area contributed by atoms with Crippen LogP contribution >= 0.6 is 0 Å². The molecule has 1 aliphatic heterocycles. The highest BCUT2D eigenvalue weighted by Crippen LogP contribution is 2.35. The molecule has 1 saturated heterocycles. The zero-order valence-electron chi connectivity index (χ0n) is 8.89. The first-order chi connectivity index (χ1) is 7.43. The largest absolute Gasteiger partial charge is 0.314 e. The van der Waals surface area contributed by atoms with Gasteiger partial charge in [-0.15, -0.1) is 10.2 Å². The van der Waals surface area contributed by atoms with Crippen molar-refractivity contribution in [3.63, 3.8) is 0 Å². The molecule has 1 saturated carbocycles. The predicted octanol–water partition coefficient (Wildman–Crippen LogP) is 0.0182. The topological polar surface area (TPSA) is 46.0 Å². The van der Waals surface area contributed by atoms with Crippen LogP contribution in [0.25, 0.3) is 0 Å². The van der Waals surface area contributed by atoms with Crippen LogP contribution in [0.2, 0.25) is 0 Å². The van der Waals surface area contributed by atoms with Gasteiger partial charge in [0.1, 0.15) is 12.2 Å². The molecule has 2 fully saturated rings. The standard InChI is InChI=1S/C10H17N5/c1-2-9(1)15-8-12-13-10(15)7-14-5-3-11-4-6-14/h8-9,11H,1-7H2. The zero-order chi connectivity index (χ0) is 10.1. The first-order valence-electron chi connectivity index (χ1n) is 5.75. The zero-order valence-corrected chi connectivity index (χ0v) is 8.89. The molecule has 0 bridgehead atoms. The van der Waals surface area contributed by atoms with E-state index in [1.165, 1.54) is 12.8 Å². The van der Waals surface area contributed by atoms with Crippen LogP contribution in [0.1, 0.15) is 24.7 Å². The molecule has 1 N–H and O–H groups in total. The molecule has 0 radical (unpaired) electrons. The van der Waals surface area contributed by atoms with Crippen molar-refractivity contribution in [2.75, 3.05) is 26.2 Å². The van der Waals surface area contributed by atoms with E-state index in [4.69, 9.17) is 0 Å². The maximum atomic E-state index is 4.22. The predicted molar refractivity (Wildman–Crippen MR) is 56.4 cm³/mol. The summed E-state index contributed by atoms with van der Waals surface area (Å²) < 4.78 is 2.25. The molecule has 0 spiro atoms. The number of rotatable bonds is 3. The van der Waals surface area contributed by atoms with Gasteiger partial charge < -0.3 is 9.88 Å². The van der Waals surface area contributed by atoms with Gasteiger partial charge >= 0.3 is 0 Å². The van der Waals surface area contributed by atoms with E-state index in [-0.39, 0.29) is 0 Å². The smallest absolute Gasteiger partial charge is 0.147 e. The van der Waals surface area contributed by atoms with Crippen molar-refractivity contribution >= 4 is 0 Å². The van der Waals surface area contributed by atoms with Crippen molar-refractivity contribution in [1.82, 2.24) is 25.0 Å². The Kier molecular flexibility index (Phi) is 2.42. The lowest BCUT2D eigenvalue weighted by molar-refractivity contribution is 0.224. The van der Waals surface area contributed by atoms with Gasteiger partial charge in [-0.1, -0.05) is 0 Å². The van der Waals surface area contributed by atoms with Crippen LogP contribution in [-0.2, 0) is 6.54 Å². The summed E-state index contributed by atoms with van der Waals surface area (Å²) in [7, 11) is 0. The lowest BCUT2D eigenvalue weighted by Gasteiger charge is -2.26. The molecule has 82 valence electrons. The van der Waals surface area contributed by atoms with Crippen LogP contribution < -0.4 is 5.32 Å². The van der Waals surface area contributed by atoms with Gasteiger partial charge in [0.2, 0.25) is 0 Å². The molecule has 2 heterocycles. The minimum absolute atomic E-state index is 0.693. The summed E-state index contributed by atoms with van der Waals surface area (Å²) in [6.07, 6.45) is 4.48. The maximum Gasteiger partial charge on any atom is 0.147 e. The van der Waals surface area contributed by atoms with E-state index >= 15 is 0 Å². The van der Waals surface area contributed by atoms with E-state index in [0.717, 1.165) is 38.5 Å². The molecule has 15 heavy (non-hydrogen) atoms. The summed E-state index contributed by atoms with van der Waals surface area (Å²) in [5, 5.41) is 11.6. The lowest BCUT2D eigenvalue weighted by Crippen LogP contribution is -2.43. The van der Waals surface area contributed by atoms with Crippen molar-refractivity contribution in [2.45, 2.75) is 25.4 Å². The van der Waals surface area contributed by atoms with Crippen LogP contribution in [0, 0.1) is 0 Å². The van der Waals surface area contributed by atoms with E-state index in [0.29, 0.717) is 6.04 Å². The minimum atomic E-state index is 0.693. The number of nitrogens with zero attached hydrogens (tertiary/aromatic N) is 4. The van der Waals surface area contributed by atoms with Gasteiger partial charge in [-0.2, -0.15) is 0 Å². The summed E-state index contributed by atoms with van der Waals surface area (Å²) >= 11 is 0. The fourth-order valence-electron chi connectivity index (χ4n) is 2.11. The van der Waals surface area contributed by atoms with Crippen molar-refractivity contribution in [1.29, 1.82) is 0 Å². The molecule has 0 atom stereocenters. The first-order valence-corrected chi connectivity index (χ1v) is 5.75. The monoisotopic (exact) mass is 207 g/mol. The molecule has 1 aromatic rings. The highest BCUT2D eigenvalue weighted by molar-refractivity contribution is 4.95. The van der Waals surface area contributed by atoms with Crippen molar-refractivity contribution in [3.05, 3.63) is 12.2 Å². The van der Waals surface area contributed by atoms with Crippen LogP contribution in [0.3, 0.4) is 0 Å². The number of nitrogens with one attached hydrogen (secondary N) is 1. The molecule has 5 heteroatoms. The Bertz CT molecular complexity index is 324. The van der Waals surface area contributed by atoms with E-state index in [9.17, 15) is 0 Å². The van der Waals surface area contributed by atoms with Gasteiger partial charge in [0, 0.05) is 32.2 Å². The van der Waals surface area contributed by atoms with Crippen LogP contribution in [-0.4, -0.2) is 45.8 Å². The van der Waals surface area contributed by atoms with Crippen molar-refractivity contribution < 1.29 is 0 Å². The summed E-state index contributed by atoms with van der Waals surface area (Å²) in [5.41, 5.74) is 0. The Morgan fingerprint density at radius 1 is 1.33 bits per heavy atom. The highest BCUT2D eigenvalue weighted by Gasteiger charge is 2.26. The third-order valence-corrected chi connectivity index (χ3v) is 3.16. The summed E-state index contributed by atoms with van der Waals surface area (Å²) in [6.45, 7) is 5.39. The normalized spacial score (nSPS) is 23.2. The van der Waals surface area contributed by atoms with E-state index in [2.05, 4.69) is 25.0 Å². The van der Waals surface area contributed by atoms with Gasteiger partial charge in [-0.25, -0.2) is 0 Å². The number of hydrogen-bond acceptors (Lipinski definition) is 4. The Labute approximate surface area is 89.5 Å². The van der Waals surface area contributed by atoms with Gasteiger partial charge in [0.25, 0.3) is 0 Å². The Balaban J connectivity index is 1.67. The molecule has 0 unspecified atom stereocenters. The average Bonchev–Trinajstić information content (AvgIpc) is 3.02. The van der Waals surface area contributed by atoms with Crippen molar-refractivity contribution in [3.8, 4) is 0 Å². The third-order valence-electron chi connectivity index (χ3n) is 3.16. The summed E-state index contributed by atoms with van der Waals surface area (Å²) in [6, 6.07) is 0.693. The number of hydrogen-bond donors (Lipinski definition) is 1. The fraction of sp³-hybridized carbons (Fsp3) is 0.800. The summed E-state index contributed by atoms with van der Waals surface area (Å²) in [5.74, 6) is 1.14. The second-order valence-electron chi connectivity index (χ2n) is 4.41. The first kappa shape index (κ1) is 9.30. The second-order valence-corrected chi connectivity index (χ2v) is 4.41. The Morgan fingerprint density at radius 2 is 2.13 bits per heavy atom. The quantitative estimate of drug-likeness (QED) is 0.759. The van der Waals surface area contributed by atoms with Gasteiger partial charge in [-0.05, 0) is 12.8 Å². The molecular weight excluding hydrogens is 190 g/mol. The molecule has 1 aliphatic carbocycles. The maximum absolute atomic E-state index is 4.22. The average molecular weight is 207 g/mol. The van der Waals surface area contributed by atoms with Gasteiger partial charge in [-0.3, -0.25) is 4.90 Å². The van der Waals surface area contributed by atoms with E-state index in [1.54, 1.807) is 0 Å². The molecule has 3 rings (SSSR count). The second kappa shape index (κ2) is 3.90. The number of piperazine rings is 1. The molecular formula is C10H17N5. The fourth-order valence-corrected chi connectivity index (χ4v) is 2.11. The molecule has 1 aromatic heterocycles. The lowest BCUT2D eigenvalue weighted by atomic mass is 10.3. The van der Waals surface area contributed by atoms with Crippen molar-refractivity contribution in [2.24, 2.45) is 0 Å². The number of aromatic nitrogens is 3. The molecule has 2 aliphatic rings. The van der Waals surface area contributed by atoms with Crippen LogP contribution in [0.5, 0.6) is 0 Å².